The fourth-order valence-electron chi connectivity index (χ4n) is 1.39. The molecule has 0 saturated carbocycles. The number of hydrogen-bond acceptors (Lipinski definition) is 5. The fraction of sp³-hybridized carbons (Fsp3) is 0.778. The Bertz CT molecular complexity index is 293. The van der Waals surface area contributed by atoms with E-state index in [4.69, 9.17) is 11.6 Å². The third kappa shape index (κ3) is 4.26. The van der Waals surface area contributed by atoms with Crippen LogP contribution in [-0.2, 0) is 6.54 Å². The van der Waals surface area contributed by atoms with Crippen molar-refractivity contribution in [2.75, 3.05) is 19.1 Å². The molecular formula is C9H16ClN3S2. The zero-order chi connectivity index (χ0) is 11.3. The highest BCUT2D eigenvalue weighted by Gasteiger charge is 2.14. The minimum absolute atomic E-state index is 0.524. The molecule has 0 bridgehead atoms. The van der Waals surface area contributed by atoms with E-state index in [1.807, 2.05) is 11.8 Å². The van der Waals surface area contributed by atoms with Crippen molar-refractivity contribution in [2.45, 2.75) is 25.9 Å². The molecule has 6 heteroatoms. The van der Waals surface area contributed by atoms with Gasteiger partial charge in [0.25, 0.3) is 0 Å². The van der Waals surface area contributed by atoms with Crippen LogP contribution in [-0.4, -0.2) is 40.2 Å². The van der Waals surface area contributed by atoms with E-state index < -0.39 is 0 Å². The highest BCUT2D eigenvalue weighted by atomic mass is 35.5. The van der Waals surface area contributed by atoms with Crippen LogP contribution in [0.4, 0.5) is 0 Å². The minimum Gasteiger partial charge on any atom is -0.296 e. The van der Waals surface area contributed by atoms with E-state index in [9.17, 15) is 0 Å². The lowest BCUT2D eigenvalue weighted by Gasteiger charge is -2.25. The standard InChI is InChI=1S/C9H16ClN3S2/c1-4-7(6-14-3)13(2)5-8-11-12-9(10)15-8/h7H,4-6H2,1-3H3. The molecule has 1 heterocycles. The predicted octanol–water partition coefficient (Wildman–Crippen LogP) is 2.76. The van der Waals surface area contributed by atoms with Crippen molar-refractivity contribution in [3.8, 4) is 0 Å². The molecule has 0 aromatic carbocycles. The highest BCUT2D eigenvalue weighted by Crippen LogP contribution is 2.18. The zero-order valence-corrected chi connectivity index (χ0v) is 11.6. The van der Waals surface area contributed by atoms with E-state index in [2.05, 4.69) is 35.3 Å². The Kier molecular flexibility index (Phi) is 5.89. The third-order valence-electron chi connectivity index (χ3n) is 2.28. The minimum atomic E-state index is 0.524. The lowest BCUT2D eigenvalue weighted by Crippen LogP contribution is -2.32. The van der Waals surface area contributed by atoms with Crippen molar-refractivity contribution in [2.24, 2.45) is 0 Å². The molecule has 0 N–H and O–H groups in total. The number of halogens is 1. The molecule has 0 amide bonds. The number of rotatable bonds is 6. The number of hydrogen-bond donors (Lipinski definition) is 0. The summed E-state index contributed by atoms with van der Waals surface area (Å²) < 4.78 is 0.524. The maximum atomic E-state index is 5.74. The molecule has 0 aliphatic rings. The van der Waals surface area contributed by atoms with Crippen molar-refractivity contribution >= 4 is 34.7 Å². The molecule has 1 aromatic rings. The van der Waals surface area contributed by atoms with E-state index >= 15 is 0 Å². The van der Waals surface area contributed by atoms with Crippen molar-refractivity contribution < 1.29 is 0 Å². The summed E-state index contributed by atoms with van der Waals surface area (Å²) in [7, 11) is 2.12. The van der Waals surface area contributed by atoms with E-state index in [0.29, 0.717) is 10.5 Å². The lowest BCUT2D eigenvalue weighted by molar-refractivity contribution is 0.247. The first-order valence-electron chi connectivity index (χ1n) is 4.84. The molecule has 0 saturated heterocycles. The van der Waals surface area contributed by atoms with Gasteiger partial charge in [-0.15, -0.1) is 10.2 Å². The predicted molar refractivity (Wildman–Crippen MR) is 68.8 cm³/mol. The second-order valence-corrected chi connectivity index (χ2v) is 5.94. The van der Waals surface area contributed by atoms with Crippen LogP contribution < -0.4 is 0 Å². The second-order valence-electron chi connectivity index (χ2n) is 3.38. The second kappa shape index (κ2) is 6.68. The van der Waals surface area contributed by atoms with Crippen LogP contribution in [0.2, 0.25) is 4.47 Å². The molecule has 86 valence electrons. The van der Waals surface area contributed by atoms with Crippen LogP contribution in [0.5, 0.6) is 0 Å². The van der Waals surface area contributed by atoms with Crippen molar-refractivity contribution in [3.05, 3.63) is 9.47 Å². The van der Waals surface area contributed by atoms with Crippen molar-refractivity contribution in [3.63, 3.8) is 0 Å². The summed E-state index contributed by atoms with van der Waals surface area (Å²) in [6, 6.07) is 0.600. The smallest absolute Gasteiger partial charge is 0.207 e. The summed E-state index contributed by atoms with van der Waals surface area (Å²) in [5.74, 6) is 1.15. The van der Waals surface area contributed by atoms with E-state index in [0.717, 1.165) is 23.7 Å². The molecule has 3 nitrogen and oxygen atoms in total. The van der Waals surface area contributed by atoms with Crippen LogP contribution in [0.25, 0.3) is 0 Å². The SMILES string of the molecule is CCC(CSC)N(C)Cc1nnc(Cl)s1. The summed E-state index contributed by atoms with van der Waals surface area (Å²) >= 11 is 9.08. The van der Waals surface area contributed by atoms with Crippen LogP contribution in [0.15, 0.2) is 0 Å². The van der Waals surface area contributed by atoms with Gasteiger partial charge in [0.15, 0.2) is 0 Å². The molecule has 1 atom stereocenters. The van der Waals surface area contributed by atoms with Gasteiger partial charge in [0.2, 0.25) is 4.47 Å². The molecule has 0 aliphatic carbocycles. The number of nitrogens with zero attached hydrogens (tertiary/aromatic N) is 3. The average Bonchev–Trinajstić information content (AvgIpc) is 2.60. The normalized spacial score (nSPS) is 13.4. The Labute approximate surface area is 104 Å². The molecule has 1 aromatic heterocycles. The summed E-state index contributed by atoms with van der Waals surface area (Å²) in [4.78, 5) is 2.31. The molecule has 0 spiro atoms. The van der Waals surface area contributed by atoms with Gasteiger partial charge >= 0.3 is 0 Å². The average molecular weight is 266 g/mol. The highest BCUT2D eigenvalue weighted by molar-refractivity contribution is 7.98. The molecule has 0 fully saturated rings. The van der Waals surface area contributed by atoms with E-state index in [-0.39, 0.29) is 0 Å². The molecule has 0 aliphatic heterocycles. The van der Waals surface area contributed by atoms with E-state index in [1.165, 1.54) is 11.3 Å². The molecule has 1 unspecified atom stereocenters. The van der Waals surface area contributed by atoms with Crippen molar-refractivity contribution in [1.29, 1.82) is 0 Å². The van der Waals surface area contributed by atoms with Crippen LogP contribution in [0.3, 0.4) is 0 Å². The Morgan fingerprint density at radius 3 is 2.73 bits per heavy atom. The van der Waals surface area contributed by atoms with Gasteiger partial charge in [-0.2, -0.15) is 11.8 Å². The van der Waals surface area contributed by atoms with Gasteiger partial charge in [0.1, 0.15) is 5.01 Å². The lowest BCUT2D eigenvalue weighted by atomic mass is 10.2. The first-order valence-corrected chi connectivity index (χ1v) is 7.43. The Hall–Kier alpha value is 0.160. The summed E-state index contributed by atoms with van der Waals surface area (Å²) in [5.41, 5.74) is 0. The molecular weight excluding hydrogens is 250 g/mol. The van der Waals surface area contributed by atoms with Crippen LogP contribution >= 0.6 is 34.7 Å². The third-order valence-corrected chi connectivity index (χ3v) is 4.00. The summed E-state index contributed by atoms with van der Waals surface area (Å²) in [5, 5.41) is 8.81. The van der Waals surface area contributed by atoms with Gasteiger partial charge < -0.3 is 0 Å². The quantitative estimate of drug-likeness (QED) is 0.791. The molecule has 15 heavy (non-hydrogen) atoms. The van der Waals surface area contributed by atoms with Crippen LogP contribution in [0, 0.1) is 0 Å². The zero-order valence-electron chi connectivity index (χ0n) is 9.23. The number of thioether (sulfide) groups is 1. The van der Waals surface area contributed by atoms with E-state index in [1.54, 1.807) is 0 Å². The fourth-order valence-corrected chi connectivity index (χ4v) is 3.19. The first-order chi connectivity index (χ1) is 7.17. The van der Waals surface area contributed by atoms with Gasteiger partial charge in [-0.05, 0) is 31.3 Å². The van der Waals surface area contributed by atoms with Crippen LogP contribution in [0.1, 0.15) is 18.4 Å². The monoisotopic (exact) mass is 265 g/mol. The summed E-state index contributed by atoms with van der Waals surface area (Å²) in [6.07, 6.45) is 3.29. The molecule has 0 radical (unpaired) electrons. The van der Waals surface area contributed by atoms with Gasteiger partial charge in [-0.1, -0.05) is 18.3 Å². The summed E-state index contributed by atoms with van der Waals surface area (Å²) in [6.45, 7) is 3.05. The van der Waals surface area contributed by atoms with Gasteiger partial charge in [-0.25, -0.2) is 0 Å². The maximum Gasteiger partial charge on any atom is 0.207 e. The van der Waals surface area contributed by atoms with Gasteiger partial charge in [0.05, 0.1) is 6.54 Å². The van der Waals surface area contributed by atoms with Gasteiger partial charge in [0, 0.05) is 11.8 Å². The van der Waals surface area contributed by atoms with Gasteiger partial charge in [-0.3, -0.25) is 4.90 Å². The Morgan fingerprint density at radius 1 is 1.53 bits per heavy atom. The Morgan fingerprint density at radius 2 is 2.27 bits per heavy atom. The first kappa shape index (κ1) is 13.2. The molecule has 1 rings (SSSR count). The largest absolute Gasteiger partial charge is 0.296 e. The Balaban J connectivity index is 2.49. The maximum absolute atomic E-state index is 5.74. The number of aromatic nitrogens is 2. The topological polar surface area (TPSA) is 29.0 Å². The van der Waals surface area contributed by atoms with Crippen molar-refractivity contribution in [1.82, 2.24) is 15.1 Å².